The van der Waals surface area contributed by atoms with E-state index in [1.165, 1.54) is 6.92 Å². The molecule has 0 aromatic rings. The third-order valence-corrected chi connectivity index (χ3v) is 12.3. The Balaban J connectivity index is 1.39. The van der Waals surface area contributed by atoms with E-state index in [4.69, 9.17) is 14.2 Å². The Bertz CT molecular complexity index is 1140. The van der Waals surface area contributed by atoms with Gasteiger partial charge in [0.15, 0.2) is 5.78 Å². The third kappa shape index (κ3) is 2.62. The minimum Gasteiger partial charge on any atom is -0.455 e. The fourth-order valence-electron chi connectivity index (χ4n) is 9.65. The van der Waals surface area contributed by atoms with E-state index in [1.54, 1.807) is 26.2 Å². The van der Waals surface area contributed by atoms with Crippen molar-refractivity contribution in [2.45, 2.75) is 114 Å². The molecule has 204 valence electrons. The van der Waals surface area contributed by atoms with Gasteiger partial charge in [0, 0.05) is 24.5 Å². The summed E-state index contributed by atoms with van der Waals surface area (Å²) >= 11 is 0. The predicted molar refractivity (Wildman–Crippen MR) is 132 cm³/mol. The maximum absolute atomic E-state index is 13.5. The summed E-state index contributed by atoms with van der Waals surface area (Å²) in [5, 5.41) is 36.9. The summed E-state index contributed by atoms with van der Waals surface area (Å²) in [5.41, 5.74) is -6.14. The number of hydrogen-bond donors (Lipinski definition) is 3. The zero-order valence-corrected chi connectivity index (χ0v) is 22.7. The van der Waals surface area contributed by atoms with Gasteiger partial charge in [-0.1, -0.05) is 12.5 Å². The number of hydrogen-bond acceptors (Lipinski definition) is 8. The molecule has 4 aliphatic carbocycles. The summed E-state index contributed by atoms with van der Waals surface area (Å²) in [6.07, 6.45) is 4.23. The topological polar surface area (TPSA) is 126 Å². The highest BCUT2D eigenvalue weighted by Crippen LogP contribution is 2.75. The number of epoxide rings is 1. The van der Waals surface area contributed by atoms with E-state index in [0.29, 0.717) is 31.3 Å². The van der Waals surface area contributed by atoms with Crippen LogP contribution in [0.15, 0.2) is 23.3 Å². The van der Waals surface area contributed by atoms with E-state index >= 15 is 0 Å². The third-order valence-electron chi connectivity index (χ3n) is 12.3. The molecule has 37 heavy (non-hydrogen) atoms. The number of esters is 1. The Hall–Kier alpha value is -1.58. The number of carbonyl (C=O) groups is 2. The minimum absolute atomic E-state index is 0.00258. The summed E-state index contributed by atoms with van der Waals surface area (Å²) < 4.78 is 17.7. The molecule has 6 rings (SSSR count). The van der Waals surface area contributed by atoms with Crippen LogP contribution >= 0.6 is 0 Å². The molecule has 1 spiro atoms. The van der Waals surface area contributed by atoms with Crippen LogP contribution in [0.4, 0.5) is 0 Å². The van der Waals surface area contributed by atoms with E-state index in [-0.39, 0.29) is 42.7 Å². The van der Waals surface area contributed by atoms with Crippen LogP contribution in [-0.2, 0) is 23.8 Å². The van der Waals surface area contributed by atoms with E-state index in [2.05, 4.69) is 0 Å². The number of aliphatic hydroxyl groups is 3. The standard InChI is InChI=1S/C29H40O8/c1-15-13-21(36-23(31)16(15)2)26(5,32)28(34)12-11-27(33)18-14-22-29(37-22)20(35-6)8-7-19(30)25(29,4)17(18)9-10-24(27,28)3/h7-8,17-18,20-22,32-34H,9-14H2,1-6H3. The van der Waals surface area contributed by atoms with Crippen LogP contribution in [0.3, 0.4) is 0 Å². The highest BCUT2D eigenvalue weighted by atomic mass is 16.6. The van der Waals surface area contributed by atoms with Crippen LogP contribution in [0.1, 0.15) is 73.1 Å². The van der Waals surface area contributed by atoms with Gasteiger partial charge in [-0.2, -0.15) is 0 Å². The van der Waals surface area contributed by atoms with E-state index in [1.807, 2.05) is 20.8 Å². The number of ketones is 1. The maximum Gasteiger partial charge on any atom is 0.334 e. The second-order valence-corrected chi connectivity index (χ2v) is 13.2. The van der Waals surface area contributed by atoms with Gasteiger partial charge in [-0.25, -0.2) is 4.79 Å². The quantitative estimate of drug-likeness (QED) is 0.386. The highest BCUT2D eigenvalue weighted by molar-refractivity contribution is 5.98. The molecule has 11 atom stereocenters. The van der Waals surface area contributed by atoms with Crippen LogP contribution < -0.4 is 0 Å². The first-order chi connectivity index (χ1) is 17.2. The smallest absolute Gasteiger partial charge is 0.334 e. The molecular weight excluding hydrogens is 476 g/mol. The van der Waals surface area contributed by atoms with Gasteiger partial charge in [0.05, 0.1) is 17.1 Å². The fourth-order valence-corrected chi connectivity index (χ4v) is 9.65. The molecule has 0 bridgehead atoms. The average Bonchev–Trinajstić information content (AvgIpc) is 3.53. The number of ether oxygens (including phenoxy) is 3. The molecule has 0 amide bonds. The van der Waals surface area contributed by atoms with Crippen LogP contribution in [-0.4, -0.2) is 74.9 Å². The molecule has 8 heteroatoms. The Morgan fingerprint density at radius 2 is 1.81 bits per heavy atom. The molecule has 2 aliphatic heterocycles. The van der Waals surface area contributed by atoms with Crippen molar-refractivity contribution in [3.63, 3.8) is 0 Å². The molecule has 11 unspecified atom stereocenters. The second kappa shape index (κ2) is 7.33. The summed E-state index contributed by atoms with van der Waals surface area (Å²) in [4.78, 5) is 26.0. The Labute approximate surface area is 218 Å². The number of methoxy groups -OCH3 is 1. The zero-order valence-electron chi connectivity index (χ0n) is 22.7. The summed E-state index contributed by atoms with van der Waals surface area (Å²) in [5.74, 6) is -0.949. The van der Waals surface area contributed by atoms with Gasteiger partial charge in [-0.3, -0.25) is 4.79 Å². The van der Waals surface area contributed by atoms with Gasteiger partial charge >= 0.3 is 5.97 Å². The van der Waals surface area contributed by atoms with Gasteiger partial charge in [0.1, 0.15) is 29.0 Å². The lowest BCUT2D eigenvalue weighted by molar-refractivity contribution is -0.283. The number of rotatable bonds is 3. The van der Waals surface area contributed by atoms with E-state index in [9.17, 15) is 24.9 Å². The van der Waals surface area contributed by atoms with Gasteiger partial charge in [0.2, 0.25) is 0 Å². The summed E-state index contributed by atoms with van der Waals surface area (Å²) in [7, 11) is 1.63. The average molecular weight is 517 g/mol. The maximum atomic E-state index is 13.5. The van der Waals surface area contributed by atoms with Gasteiger partial charge in [0.25, 0.3) is 0 Å². The van der Waals surface area contributed by atoms with Crippen molar-refractivity contribution in [1.29, 1.82) is 0 Å². The Kier molecular flexibility index (Phi) is 5.09. The van der Waals surface area contributed by atoms with Crippen molar-refractivity contribution in [3.05, 3.63) is 23.3 Å². The fraction of sp³-hybridized carbons (Fsp3) is 0.793. The molecule has 0 aromatic heterocycles. The van der Waals surface area contributed by atoms with Crippen LogP contribution in [0.2, 0.25) is 0 Å². The highest BCUT2D eigenvalue weighted by Gasteiger charge is 2.84. The van der Waals surface area contributed by atoms with Crippen molar-refractivity contribution in [2.24, 2.45) is 22.7 Å². The number of allylic oxidation sites excluding steroid dienone is 1. The first kappa shape index (κ1) is 25.7. The lowest BCUT2D eigenvalue weighted by atomic mass is 9.42. The lowest BCUT2D eigenvalue weighted by Crippen LogP contribution is -2.73. The number of cyclic esters (lactones) is 1. The first-order valence-electron chi connectivity index (χ1n) is 13.6. The molecular formula is C29H40O8. The monoisotopic (exact) mass is 516 g/mol. The van der Waals surface area contributed by atoms with Crippen LogP contribution in [0.5, 0.6) is 0 Å². The zero-order chi connectivity index (χ0) is 27.0. The van der Waals surface area contributed by atoms with Crippen molar-refractivity contribution in [2.75, 3.05) is 7.11 Å². The van der Waals surface area contributed by atoms with E-state index in [0.717, 1.165) is 5.57 Å². The van der Waals surface area contributed by atoms with E-state index < -0.39 is 45.3 Å². The molecule has 8 nitrogen and oxygen atoms in total. The second-order valence-electron chi connectivity index (χ2n) is 13.2. The summed E-state index contributed by atoms with van der Waals surface area (Å²) in [6.45, 7) is 8.91. The van der Waals surface area contributed by atoms with Crippen molar-refractivity contribution in [3.8, 4) is 0 Å². The number of fused-ring (bicyclic) bond motifs is 4. The first-order valence-corrected chi connectivity index (χ1v) is 13.6. The largest absolute Gasteiger partial charge is 0.455 e. The number of carbonyl (C=O) groups excluding carboxylic acids is 2. The molecule has 0 radical (unpaired) electrons. The molecule has 4 fully saturated rings. The molecule has 1 saturated heterocycles. The van der Waals surface area contributed by atoms with Crippen LogP contribution in [0.25, 0.3) is 0 Å². The van der Waals surface area contributed by atoms with Crippen molar-refractivity contribution < 1.29 is 39.1 Å². The van der Waals surface area contributed by atoms with Gasteiger partial charge in [-0.15, -0.1) is 0 Å². The Morgan fingerprint density at radius 3 is 2.46 bits per heavy atom. The SMILES string of the molecule is COC1C=CC(=O)C2(C)C3CCC4(C)C(O)(CCC4(O)C(C)(O)C4CC(C)=C(C)C(=O)O4)C3CC3OC132. The van der Waals surface area contributed by atoms with Crippen molar-refractivity contribution >= 4 is 11.8 Å². The predicted octanol–water partition coefficient (Wildman–Crippen LogP) is 2.38. The van der Waals surface area contributed by atoms with Gasteiger partial charge in [-0.05, 0) is 83.8 Å². The van der Waals surface area contributed by atoms with Crippen LogP contribution in [0, 0.1) is 22.7 Å². The molecule has 0 aromatic carbocycles. The molecule has 3 N–H and O–H groups in total. The summed E-state index contributed by atoms with van der Waals surface area (Å²) in [6, 6.07) is 0. The normalized spacial score (nSPS) is 54.0. The molecule has 6 aliphatic rings. The minimum atomic E-state index is -1.79. The molecule has 3 saturated carbocycles. The Morgan fingerprint density at radius 1 is 1.11 bits per heavy atom. The lowest BCUT2D eigenvalue weighted by Gasteiger charge is -2.63. The molecule has 2 heterocycles. The van der Waals surface area contributed by atoms with Crippen molar-refractivity contribution in [1.82, 2.24) is 0 Å². The van der Waals surface area contributed by atoms with Gasteiger partial charge < -0.3 is 29.5 Å².